The van der Waals surface area contributed by atoms with Gasteiger partial charge in [-0.15, -0.1) is 0 Å². The summed E-state index contributed by atoms with van der Waals surface area (Å²) in [5.74, 6) is -2.73. The van der Waals surface area contributed by atoms with E-state index in [9.17, 15) is 13.2 Å². The highest BCUT2D eigenvalue weighted by atomic mass is 19.1. The summed E-state index contributed by atoms with van der Waals surface area (Å²) in [7, 11) is 0. The first-order valence-electron chi connectivity index (χ1n) is 4.98. The van der Waals surface area contributed by atoms with Gasteiger partial charge in [0.25, 0.3) is 0 Å². The molecule has 0 fully saturated rings. The van der Waals surface area contributed by atoms with Gasteiger partial charge in [0.15, 0.2) is 5.82 Å². The molecule has 0 unspecified atom stereocenters. The van der Waals surface area contributed by atoms with Crippen LogP contribution in [-0.4, -0.2) is 0 Å². The number of hydrogen-bond acceptors (Lipinski definition) is 2. The quantitative estimate of drug-likeness (QED) is 0.787. The molecule has 0 saturated heterocycles. The van der Waals surface area contributed by atoms with Gasteiger partial charge in [-0.25, -0.2) is 13.2 Å². The predicted molar refractivity (Wildman–Crippen MR) is 60.9 cm³/mol. The zero-order valence-electron chi connectivity index (χ0n) is 9.05. The second-order valence-electron chi connectivity index (χ2n) is 3.63. The Kier molecular flexibility index (Phi) is 2.94. The molecule has 5 heteroatoms. The molecule has 90 valence electrons. The van der Waals surface area contributed by atoms with Crippen LogP contribution in [0.2, 0.25) is 0 Å². The molecular weight excluding hydrogens is 241 g/mol. The molecule has 0 heterocycles. The molecule has 2 nitrogen and oxygen atoms in total. The van der Waals surface area contributed by atoms with Crippen molar-refractivity contribution in [3.63, 3.8) is 0 Å². The largest absolute Gasteiger partial charge is 0.396 e. The van der Waals surface area contributed by atoms with Gasteiger partial charge in [-0.2, -0.15) is 5.26 Å². The topological polar surface area (TPSA) is 49.8 Å². The number of nitrogens with zero attached hydrogens (tertiary/aromatic N) is 1. The first-order chi connectivity index (χ1) is 8.54. The van der Waals surface area contributed by atoms with E-state index in [2.05, 4.69) is 0 Å². The average Bonchev–Trinajstić information content (AvgIpc) is 2.32. The van der Waals surface area contributed by atoms with Crippen molar-refractivity contribution in [3.05, 3.63) is 53.3 Å². The lowest BCUT2D eigenvalue weighted by atomic mass is 9.98. The monoisotopic (exact) mass is 248 g/mol. The average molecular weight is 248 g/mol. The van der Waals surface area contributed by atoms with Gasteiger partial charge in [-0.3, -0.25) is 0 Å². The maximum absolute atomic E-state index is 13.8. The van der Waals surface area contributed by atoms with Crippen molar-refractivity contribution < 1.29 is 13.2 Å². The summed E-state index contributed by atoms with van der Waals surface area (Å²) in [6.07, 6.45) is 0. The Morgan fingerprint density at radius 1 is 1.11 bits per heavy atom. The van der Waals surface area contributed by atoms with E-state index in [-0.39, 0.29) is 22.4 Å². The van der Waals surface area contributed by atoms with Crippen molar-refractivity contribution in [2.45, 2.75) is 0 Å². The number of nitrogen functional groups attached to an aromatic ring is 1. The number of hydrogen-bond donors (Lipinski definition) is 1. The van der Waals surface area contributed by atoms with Crippen molar-refractivity contribution in [2.75, 3.05) is 5.73 Å². The minimum Gasteiger partial charge on any atom is -0.396 e. The van der Waals surface area contributed by atoms with E-state index in [1.165, 1.54) is 18.2 Å². The zero-order valence-corrected chi connectivity index (χ0v) is 9.05. The van der Waals surface area contributed by atoms with Crippen LogP contribution in [0, 0.1) is 28.8 Å². The van der Waals surface area contributed by atoms with Gasteiger partial charge in [0.05, 0.1) is 17.3 Å². The van der Waals surface area contributed by atoms with Crippen LogP contribution in [0.25, 0.3) is 11.1 Å². The number of anilines is 1. The molecule has 0 atom stereocenters. The van der Waals surface area contributed by atoms with Crippen molar-refractivity contribution in [2.24, 2.45) is 0 Å². The van der Waals surface area contributed by atoms with E-state index in [1.54, 1.807) is 6.07 Å². The maximum Gasteiger partial charge on any atom is 0.154 e. The Morgan fingerprint density at radius 3 is 2.50 bits per heavy atom. The van der Waals surface area contributed by atoms with Crippen LogP contribution in [0.15, 0.2) is 30.3 Å². The second kappa shape index (κ2) is 4.41. The molecule has 18 heavy (non-hydrogen) atoms. The van der Waals surface area contributed by atoms with E-state index in [0.29, 0.717) is 6.07 Å². The van der Waals surface area contributed by atoms with Crippen LogP contribution in [0.1, 0.15) is 5.56 Å². The molecule has 2 aromatic carbocycles. The second-order valence-corrected chi connectivity index (χ2v) is 3.63. The molecule has 2 rings (SSSR count). The summed E-state index contributed by atoms with van der Waals surface area (Å²) < 4.78 is 40.5. The lowest BCUT2D eigenvalue weighted by Crippen LogP contribution is -1.98. The Bertz CT molecular complexity index is 660. The molecule has 0 aliphatic rings. The Morgan fingerprint density at radius 2 is 1.83 bits per heavy atom. The number of nitriles is 1. The van der Waals surface area contributed by atoms with Crippen molar-refractivity contribution in [1.82, 2.24) is 0 Å². The van der Waals surface area contributed by atoms with Gasteiger partial charge in [-0.05, 0) is 12.1 Å². The van der Waals surface area contributed by atoms with Crippen LogP contribution in [0.3, 0.4) is 0 Å². The highest BCUT2D eigenvalue weighted by Crippen LogP contribution is 2.31. The summed E-state index contributed by atoms with van der Waals surface area (Å²) in [5, 5.41) is 8.85. The normalized spacial score (nSPS) is 10.1. The third kappa shape index (κ3) is 1.89. The zero-order chi connectivity index (χ0) is 13.3. The highest BCUT2D eigenvalue weighted by molar-refractivity contribution is 5.74. The van der Waals surface area contributed by atoms with Crippen molar-refractivity contribution in [1.29, 1.82) is 5.26 Å². The number of halogens is 3. The molecule has 2 aromatic rings. The SMILES string of the molecule is N#Cc1cc(F)cc(F)c1-c1cccc(N)c1F. The molecule has 2 N–H and O–H groups in total. The number of rotatable bonds is 1. The first kappa shape index (κ1) is 12.0. The fourth-order valence-electron chi connectivity index (χ4n) is 1.68. The Labute approximate surface area is 101 Å². The molecule has 0 radical (unpaired) electrons. The van der Waals surface area contributed by atoms with Gasteiger partial charge >= 0.3 is 0 Å². The molecule has 0 aliphatic carbocycles. The van der Waals surface area contributed by atoms with E-state index < -0.39 is 17.5 Å². The summed E-state index contributed by atoms with van der Waals surface area (Å²) in [4.78, 5) is 0. The fourth-order valence-corrected chi connectivity index (χ4v) is 1.68. The molecule has 0 bridgehead atoms. The van der Waals surface area contributed by atoms with E-state index in [1.807, 2.05) is 0 Å². The maximum atomic E-state index is 13.8. The summed E-state index contributed by atoms with van der Waals surface area (Å²) in [5.41, 5.74) is 4.48. The number of nitrogens with two attached hydrogens (primary N) is 1. The third-order valence-electron chi connectivity index (χ3n) is 2.47. The predicted octanol–water partition coefficient (Wildman–Crippen LogP) is 3.22. The summed E-state index contributed by atoms with van der Waals surface area (Å²) in [6, 6.07) is 7.10. The van der Waals surface area contributed by atoms with Gasteiger partial charge in [-0.1, -0.05) is 12.1 Å². The molecule has 0 spiro atoms. The molecule has 0 aromatic heterocycles. The van der Waals surface area contributed by atoms with Crippen molar-refractivity contribution in [3.8, 4) is 17.2 Å². The van der Waals surface area contributed by atoms with Crippen LogP contribution in [0.5, 0.6) is 0 Å². The molecule has 0 saturated carbocycles. The minimum atomic E-state index is -1.00. The summed E-state index contributed by atoms with van der Waals surface area (Å²) in [6.45, 7) is 0. The minimum absolute atomic E-state index is 0.163. The van der Waals surface area contributed by atoms with Crippen molar-refractivity contribution >= 4 is 5.69 Å². The molecule has 0 amide bonds. The highest BCUT2D eigenvalue weighted by Gasteiger charge is 2.17. The first-order valence-corrected chi connectivity index (χ1v) is 4.98. The standard InChI is InChI=1S/C13H7F3N2/c14-8-4-7(6-17)12(10(15)5-8)9-2-1-3-11(18)13(9)16/h1-5H,18H2. The van der Waals surface area contributed by atoms with Gasteiger partial charge in [0, 0.05) is 17.2 Å². The lowest BCUT2D eigenvalue weighted by molar-refractivity contribution is 0.582. The van der Waals surface area contributed by atoms with Gasteiger partial charge in [0.1, 0.15) is 11.6 Å². The smallest absolute Gasteiger partial charge is 0.154 e. The Balaban J connectivity index is 2.80. The lowest BCUT2D eigenvalue weighted by Gasteiger charge is -2.08. The molecule has 0 aliphatic heterocycles. The van der Waals surface area contributed by atoms with E-state index in [0.717, 1.165) is 6.07 Å². The van der Waals surface area contributed by atoms with E-state index >= 15 is 0 Å². The van der Waals surface area contributed by atoms with Crippen LogP contribution in [0.4, 0.5) is 18.9 Å². The fraction of sp³-hybridized carbons (Fsp3) is 0. The van der Waals surface area contributed by atoms with E-state index in [4.69, 9.17) is 11.0 Å². The van der Waals surface area contributed by atoms with Crippen LogP contribution in [-0.2, 0) is 0 Å². The summed E-state index contributed by atoms with van der Waals surface area (Å²) >= 11 is 0. The van der Waals surface area contributed by atoms with Gasteiger partial charge < -0.3 is 5.73 Å². The van der Waals surface area contributed by atoms with Gasteiger partial charge in [0.2, 0.25) is 0 Å². The molecular formula is C13H7F3N2. The third-order valence-corrected chi connectivity index (χ3v) is 2.47. The number of benzene rings is 2. The van der Waals surface area contributed by atoms with Crippen LogP contribution < -0.4 is 5.73 Å². The Hall–Kier alpha value is -2.48. The van der Waals surface area contributed by atoms with Crippen LogP contribution >= 0.6 is 0 Å².